The van der Waals surface area contributed by atoms with Gasteiger partial charge in [0.05, 0.1) is 11.8 Å². The fourth-order valence-electron chi connectivity index (χ4n) is 1.58. The molecule has 0 amide bonds. The average molecular weight is 260 g/mol. The Kier molecular flexibility index (Phi) is 4.73. The molecule has 0 aliphatic carbocycles. The highest BCUT2D eigenvalue weighted by atomic mass is 32.2. The lowest BCUT2D eigenvalue weighted by Gasteiger charge is -2.20. The number of rotatable bonds is 6. The van der Waals surface area contributed by atoms with Crippen LogP contribution in [0.2, 0.25) is 0 Å². The number of aryl methyl sites for hydroxylation is 1. The van der Waals surface area contributed by atoms with Crippen LogP contribution in [-0.2, 0) is 16.6 Å². The molecule has 0 fully saturated rings. The van der Waals surface area contributed by atoms with Crippen molar-refractivity contribution in [2.24, 2.45) is 0 Å². The fraction of sp³-hybridized carbons (Fsp3) is 0.636. The third-order valence-corrected chi connectivity index (χ3v) is 4.79. The number of hydrogen-bond acceptors (Lipinski definition) is 4. The molecule has 1 aromatic heterocycles. The van der Waals surface area contributed by atoms with E-state index in [1.807, 2.05) is 13.0 Å². The number of furan rings is 1. The fourth-order valence-corrected chi connectivity index (χ4v) is 2.88. The first kappa shape index (κ1) is 14.2. The largest absolute Gasteiger partial charge is 0.465 e. The molecule has 0 aromatic carbocycles. The number of nitrogens with zero attached hydrogens (tertiary/aromatic N) is 1. The second kappa shape index (κ2) is 5.66. The highest BCUT2D eigenvalue weighted by molar-refractivity contribution is 7.89. The third kappa shape index (κ3) is 3.55. The van der Waals surface area contributed by atoms with Crippen molar-refractivity contribution in [3.05, 3.63) is 23.7 Å². The smallest absolute Gasteiger partial charge is 0.218 e. The highest BCUT2D eigenvalue weighted by Crippen LogP contribution is 2.13. The van der Waals surface area contributed by atoms with Crippen LogP contribution in [-0.4, -0.2) is 38.6 Å². The lowest BCUT2D eigenvalue weighted by Crippen LogP contribution is -2.38. The molecule has 0 radical (unpaired) electrons. The van der Waals surface area contributed by atoms with E-state index < -0.39 is 15.3 Å². The van der Waals surface area contributed by atoms with Crippen LogP contribution in [0.5, 0.6) is 0 Å². The molecule has 0 aliphatic rings. The summed E-state index contributed by atoms with van der Waals surface area (Å²) < 4.78 is 30.8. The van der Waals surface area contributed by atoms with Crippen molar-refractivity contribution in [1.29, 1.82) is 0 Å². The SMILES string of the molecule is CNCC(C)S(=O)(=O)N(C)Cc1ccc(C)o1. The van der Waals surface area contributed by atoms with Crippen LogP contribution in [0.15, 0.2) is 16.5 Å². The average Bonchev–Trinajstić information content (AvgIpc) is 2.64. The van der Waals surface area contributed by atoms with Crippen LogP contribution in [0.1, 0.15) is 18.4 Å². The Balaban J connectivity index is 2.72. The minimum Gasteiger partial charge on any atom is -0.465 e. The van der Waals surface area contributed by atoms with E-state index >= 15 is 0 Å². The van der Waals surface area contributed by atoms with Gasteiger partial charge >= 0.3 is 0 Å². The number of sulfonamides is 1. The maximum absolute atomic E-state index is 12.1. The first-order valence-corrected chi connectivity index (χ1v) is 7.03. The topological polar surface area (TPSA) is 62.6 Å². The van der Waals surface area contributed by atoms with E-state index in [1.165, 1.54) is 4.31 Å². The molecule has 6 heteroatoms. The summed E-state index contributed by atoms with van der Waals surface area (Å²) in [5.41, 5.74) is 0. The van der Waals surface area contributed by atoms with Crippen LogP contribution in [0.4, 0.5) is 0 Å². The summed E-state index contributed by atoms with van der Waals surface area (Å²) in [7, 11) is 0.0276. The standard InChI is InChI=1S/C11H20N2O3S/c1-9-5-6-11(16-9)8-13(4)17(14,15)10(2)7-12-3/h5-6,10,12H,7-8H2,1-4H3. The van der Waals surface area contributed by atoms with Crippen molar-refractivity contribution < 1.29 is 12.8 Å². The van der Waals surface area contributed by atoms with Crippen LogP contribution in [0.25, 0.3) is 0 Å². The summed E-state index contributed by atoms with van der Waals surface area (Å²) in [5, 5.41) is 2.42. The summed E-state index contributed by atoms with van der Waals surface area (Å²) >= 11 is 0. The molecular formula is C11H20N2O3S. The van der Waals surface area contributed by atoms with Gasteiger partial charge in [-0.2, -0.15) is 4.31 Å². The molecule has 1 N–H and O–H groups in total. The molecule has 98 valence electrons. The van der Waals surface area contributed by atoms with E-state index in [0.29, 0.717) is 12.3 Å². The Morgan fingerprint density at radius 3 is 2.59 bits per heavy atom. The molecular weight excluding hydrogens is 240 g/mol. The molecule has 17 heavy (non-hydrogen) atoms. The zero-order valence-corrected chi connectivity index (χ0v) is 11.5. The van der Waals surface area contributed by atoms with Crippen molar-refractivity contribution >= 4 is 10.0 Å². The Hall–Kier alpha value is -0.850. The number of nitrogens with one attached hydrogen (secondary N) is 1. The Labute approximate surface area is 103 Å². The molecule has 0 bridgehead atoms. The first-order valence-electron chi connectivity index (χ1n) is 5.53. The molecule has 1 atom stereocenters. The lowest BCUT2D eigenvalue weighted by molar-refractivity contribution is 0.393. The summed E-state index contributed by atoms with van der Waals surface area (Å²) in [4.78, 5) is 0. The Bertz CT molecular complexity index is 453. The Morgan fingerprint density at radius 1 is 1.47 bits per heavy atom. The van der Waals surface area contributed by atoms with Gasteiger partial charge in [-0.25, -0.2) is 8.42 Å². The minimum atomic E-state index is -3.28. The van der Waals surface area contributed by atoms with Crippen LogP contribution >= 0.6 is 0 Å². The van der Waals surface area contributed by atoms with Crippen molar-refractivity contribution in [3.63, 3.8) is 0 Å². The maximum Gasteiger partial charge on any atom is 0.218 e. The van der Waals surface area contributed by atoms with Gasteiger partial charge in [0, 0.05) is 13.6 Å². The van der Waals surface area contributed by atoms with Crippen molar-refractivity contribution in [2.45, 2.75) is 25.6 Å². The Morgan fingerprint density at radius 2 is 2.12 bits per heavy atom. The quantitative estimate of drug-likeness (QED) is 0.827. The van der Waals surface area contributed by atoms with Gasteiger partial charge < -0.3 is 9.73 Å². The minimum absolute atomic E-state index is 0.268. The van der Waals surface area contributed by atoms with Gasteiger partial charge in [-0.1, -0.05) is 0 Å². The van der Waals surface area contributed by atoms with E-state index in [2.05, 4.69) is 5.32 Å². The van der Waals surface area contributed by atoms with Crippen molar-refractivity contribution in [2.75, 3.05) is 20.6 Å². The monoisotopic (exact) mass is 260 g/mol. The first-order chi connectivity index (χ1) is 7.87. The van der Waals surface area contributed by atoms with Gasteiger partial charge in [-0.3, -0.25) is 0 Å². The van der Waals surface area contributed by atoms with E-state index in [1.54, 1.807) is 27.1 Å². The van der Waals surface area contributed by atoms with Crippen LogP contribution < -0.4 is 5.32 Å². The molecule has 5 nitrogen and oxygen atoms in total. The van der Waals surface area contributed by atoms with E-state index in [4.69, 9.17) is 4.42 Å². The number of hydrogen-bond donors (Lipinski definition) is 1. The summed E-state index contributed by atoms with van der Waals surface area (Å²) in [5.74, 6) is 1.44. The molecule has 0 saturated heterocycles. The van der Waals surface area contributed by atoms with Gasteiger partial charge in [0.1, 0.15) is 11.5 Å². The third-order valence-electron chi connectivity index (χ3n) is 2.61. The summed E-state index contributed by atoms with van der Waals surface area (Å²) in [6, 6.07) is 3.62. The summed E-state index contributed by atoms with van der Waals surface area (Å²) in [6.45, 7) is 4.23. The zero-order chi connectivity index (χ0) is 13.1. The highest BCUT2D eigenvalue weighted by Gasteiger charge is 2.25. The summed E-state index contributed by atoms with van der Waals surface area (Å²) in [6.07, 6.45) is 0. The van der Waals surface area contributed by atoms with Gasteiger partial charge in [0.25, 0.3) is 0 Å². The molecule has 1 unspecified atom stereocenters. The van der Waals surface area contributed by atoms with Gasteiger partial charge in [-0.15, -0.1) is 0 Å². The second-order valence-corrected chi connectivity index (χ2v) is 6.64. The van der Waals surface area contributed by atoms with Gasteiger partial charge in [0.15, 0.2) is 0 Å². The van der Waals surface area contributed by atoms with E-state index in [-0.39, 0.29) is 6.54 Å². The van der Waals surface area contributed by atoms with Crippen LogP contribution in [0, 0.1) is 6.92 Å². The van der Waals surface area contributed by atoms with Crippen molar-refractivity contribution in [3.8, 4) is 0 Å². The normalized spacial score (nSPS) is 14.2. The van der Waals surface area contributed by atoms with E-state index in [9.17, 15) is 8.42 Å². The molecule has 0 aliphatic heterocycles. The molecule has 1 rings (SSSR count). The van der Waals surface area contributed by atoms with Crippen molar-refractivity contribution in [1.82, 2.24) is 9.62 Å². The predicted octanol–water partition coefficient (Wildman–Crippen LogP) is 0.958. The lowest BCUT2D eigenvalue weighted by atomic mass is 10.4. The molecule has 0 spiro atoms. The van der Waals surface area contributed by atoms with Crippen LogP contribution in [0.3, 0.4) is 0 Å². The molecule has 1 aromatic rings. The maximum atomic E-state index is 12.1. The molecule has 0 saturated carbocycles. The molecule has 1 heterocycles. The van der Waals surface area contributed by atoms with E-state index in [0.717, 1.165) is 5.76 Å². The second-order valence-electron chi connectivity index (χ2n) is 4.18. The van der Waals surface area contributed by atoms with Gasteiger partial charge in [0.2, 0.25) is 10.0 Å². The van der Waals surface area contributed by atoms with Gasteiger partial charge in [-0.05, 0) is 33.0 Å². The predicted molar refractivity (Wildman–Crippen MR) is 67.2 cm³/mol. The zero-order valence-electron chi connectivity index (χ0n) is 10.7.